The zero-order valence-electron chi connectivity index (χ0n) is 21.4. The molecule has 1 fully saturated rings. The number of benzene rings is 2. The van der Waals surface area contributed by atoms with Crippen LogP contribution in [0.5, 0.6) is 5.75 Å². The van der Waals surface area contributed by atoms with Crippen molar-refractivity contribution in [2.75, 3.05) is 32.5 Å². The van der Waals surface area contributed by atoms with E-state index in [1.807, 2.05) is 12.1 Å². The zero-order chi connectivity index (χ0) is 27.1. The highest BCUT2D eigenvalue weighted by Crippen LogP contribution is 2.37. The number of halogens is 3. The summed E-state index contributed by atoms with van der Waals surface area (Å²) in [6.07, 6.45) is 2.87. The van der Waals surface area contributed by atoms with Gasteiger partial charge in [-0.05, 0) is 86.0 Å². The predicted octanol–water partition coefficient (Wildman–Crippen LogP) is 6.91. The molecule has 0 spiro atoms. The fourth-order valence-corrected chi connectivity index (χ4v) is 6.30. The molecule has 0 saturated carbocycles. The molecule has 2 unspecified atom stereocenters. The van der Waals surface area contributed by atoms with Crippen molar-refractivity contribution in [2.45, 2.75) is 43.2 Å². The van der Waals surface area contributed by atoms with Gasteiger partial charge in [0, 0.05) is 36.8 Å². The maximum absolute atomic E-state index is 15.5. The van der Waals surface area contributed by atoms with Crippen LogP contribution in [0, 0.1) is 23.5 Å². The van der Waals surface area contributed by atoms with Gasteiger partial charge in [-0.25, -0.2) is 13.2 Å². The molecule has 1 aliphatic heterocycles. The van der Waals surface area contributed by atoms with Crippen LogP contribution >= 0.6 is 11.8 Å². The van der Waals surface area contributed by atoms with Crippen molar-refractivity contribution in [3.8, 4) is 5.75 Å². The molecule has 2 aromatic carbocycles. The summed E-state index contributed by atoms with van der Waals surface area (Å²) in [5.41, 5.74) is 1.30. The maximum atomic E-state index is 15.5. The number of carboxylic acid groups (broad SMARTS) is 1. The number of alkyl halides is 1. The Bertz CT molecular complexity index is 1220. The van der Waals surface area contributed by atoms with Gasteiger partial charge in [-0.15, -0.1) is 11.8 Å². The van der Waals surface area contributed by atoms with Gasteiger partial charge in [0.15, 0.2) is 0 Å². The van der Waals surface area contributed by atoms with Gasteiger partial charge >= 0.3 is 5.97 Å². The minimum Gasteiger partial charge on any atom is -0.497 e. The number of ether oxygens (including phenoxy) is 1. The summed E-state index contributed by atoms with van der Waals surface area (Å²) < 4.78 is 48.7. The Hall–Kier alpha value is -2.78. The minimum absolute atomic E-state index is 0.0278. The Morgan fingerprint density at radius 1 is 1.18 bits per heavy atom. The molecule has 5 nitrogen and oxygen atoms in total. The molecule has 38 heavy (non-hydrogen) atoms. The highest BCUT2D eigenvalue weighted by molar-refractivity contribution is 7.99. The first-order valence-corrected chi connectivity index (χ1v) is 13.9. The van der Waals surface area contributed by atoms with Gasteiger partial charge in [-0.2, -0.15) is 0 Å². The first-order chi connectivity index (χ1) is 18.4. The number of hydrogen-bond acceptors (Lipinski definition) is 5. The molecule has 0 radical (unpaired) electrons. The molecule has 1 aromatic heterocycles. The average Bonchev–Trinajstić information content (AvgIpc) is 2.92. The lowest BCUT2D eigenvalue weighted by Gasteiger charge is -2.39. The second-order valence-electron chi connectivity index (χ2n) is 9.77. The van der Waals surface area contributed by atoms with Crippen molar-refractivity contribution in [1.29, 1.82) is 0 Å². The lowest BCUT2D eigenvalue weighted by Crippen LogP contribution is -2.41. The number of piperidine rings is 1. The molecule has 1 N–H and O–H groups in total. The normalized spacial score (nSPS) is 18.9. The molecule has 2 heterocycles. The fraction of sp³-hybridized carbons (Fsp3) is 0.448. The number of pyridine rings is 1. The Morgan fingerprint density at radius 2 is 1.97 bits per heavy atom. The molecule has 3 aromatic rings. The van der Waals surface area contributed by atoms with Gasteiger partial charge in [0.2, 0.25) is 0 Å². The van der Waals surface area contributed by atoms with Crippen LogP contribution in [0.15, 0.2) is 53.6 Å². The molecule has 0 aliphatic carbocycles. The Labute approximate surface area is 225 Å². The summed E-state index contributed by atoms with van der Waals surface area (Å²) in [6.45, 7) is 2.14. The zero-order valence-corrected chi connectivity index (χ0v) is 22.2. The number of likely N-dealkylation sites (tertiary alicyclic amines) is 1. The molecular formula is C29H33F3N2O3S. The van der Waals surface area contributed by atoms with Crippen molar-refractivity contribution in [2.24, 2.45) is 11.8 Å². The van der Waals surface area contributed by atoms with Crippen LogP contribution in [-0.2, 0) is 4.79 Å². The predicted molar refractivity (Wildman–Crippen MR) is 143 cm³/mol. The third-order valence-electron chi connectivity index (χ3n) is 7.39. The number of hydrogen-bond donors (Lipinski definition) is 1. The molecule has 1 saturated heterocycles. The second-order valence-corrected chi connectivity index (χ2v) is 10.9. The van der Waals surface area contributed by atoms with Crippen LogP contribution in [0.3, 0.4) is 0 Å². The van der Waals surface area contributed by atoms with E-state index >= 15 is 4.39 Å². The summed E-state index contributed by atoms with van der Waals surface area (Å²) in [7, 11) is 1.57. The third kappa shape index (κ3) is 7.20. The van der Waals surface area contributed by atoms with Crippen molar-refractivity contribution in [3.05, 3.63) is 65.9 Å². The van der Waals surface area contributed by atoms with E-state index in [1.54, 1.807) is 25.4 Å². The smallest absolute Gasteiger partial charge is 0.303 e. The number of carbonyl (C=O) groups is 1. The highest BCUT2D eigenvalue weighted by Gasteiger charge is 2.30. The first-order valence-electron chi connectivity index (χ1n) is 12.9. The molecule has 4 rings (SSSR count). The monoisotopic (exact) mass is 546 g/mol. The number of aliphatic carboxylic acids is 1. The molecule has 9 heteroatoms. The number of thioether (sulfide) groups is 1. The van der Waals surface area contributed by atoms with Gasteiger partial charge in [0.1, 0.15) is 23.6 Å². The SMILES string of the molecule is COc1ccc2nccc([C@@H](F)CCC3CCN(CCSc4c(F)cccc4F)CC3CCC(=O)O)c2c1. The van der Waals surface area contributed by atoms with E-state index in [1.165, 1.54) is 18.2 Å². The maximum Gasteiger partial charge on any atom is 0.303 e. The number of fused-ring (bicyclic) bond motifs is 1. The second kappa shape index (κ2) is 13.3. The van der Waals surface area contributed by atoms with Gasteiger partial charge in [0.25, 0.3) is 0 Å². The Kier molecular flexibility index (Phi) is 9.91. The third-order valence-corrected chi connectivity index (χ3v) is 8.45. The average molecular weight is 547 g/mol. The van der Waals surface area contributed by atoms with E-state index in [4.69, 9.17) is 4.74 Å². The van der Waals surface area contributed by atoms with E-state index in [9.17, 15) is 18.7 Å². The number of nitrogens with zero attached hydrogens (tertiary/aromatic N) is 2. The fourth-order valence-electron chi connectivity index (χ4n) is 5.33. The van der Waals surface area contributed by atoms with Crippen LogP contribution in [0.4, 0.5) is 13.2 Å². The lowest BCUT2D eigenvalue weighted by molar-refractivity contribution is -0.137. The highest BCUT2D eigenvalue weighted by atomic mass is 32.2. The summed E-state index contributed by atoms with van der Waals surface area (Å²) in [5, 5.41) is 10.00. The summed E-state index contributed by atoms with van der Waals surface area (Å²) in [5.74, 6) is -0.453. The van der Waals surface area contributed by atoms with Gasteiger partial charge in [-0.1, -0.05) is 6.07 Å². The Morgan fingerprint density at radius 3 is 2.71 bits per heavy atom. The van der Waals surface area contributed by atoms with Crippen LogP contribution in [0.25, 0.3) is 10.9 Å². The van der Waals surface area contributed by atoms with E-state index in [-0.39, 0.29) is 23.2 Å². The summed E-state index contributed by atoms with van der Waals surface area (Å²) >= 11 is 1.15. The van der Waals surface area contributed by atoms with Crippen molar-refractivity contribution >= 4 is 28.6 Å². The Balaban J connectivity index is 1.36. The molecular weight excluding hydrogens is 513 g/mol. The molecule has 3 atom stereocenters. The number of carboxylic acids is 1. The molecule has 0 bridgehead atoms. The van der Waals surface area contributed by atoms with E-state index in [0.717, 1.165) is 30.1 Å². The first kappa shape index (κ1) is 28.2. The minimum atomic E-state index is -1.17. The molecule has 204 valence electrons. The van der Waals surface area contributed by atoms with Crippen LogP contribution in [0.2, 0.25) is 0 Å². The summed E-state index contributed by atoms with van der Waals surface area (Å²) in [6, 6.07) is 11.0. The van der Waals surface area contributed by atoms with Gasteiger partial charge < -0.3 is 14.7 Å². The standard InChI is InChI=1S/C29H33F3N2O3S/c1-37-21-7-9-27-23(17-21)22(11-13-33-27)24(30)8-5-19-12-14-34(18-20(19)6-10-28(35)36)15-16-38-29-25(31)3-2-4-26(29)32/h2-4,7,9,11,13,17,19-20,24H,5-6,8,10,12,14-16,18H2,1H3,(H,35,36)/t19?,20?,24-/m0/s1. The van der Waals surface area contributed by atoms with Crippen LogP contribution < -0.4 is 4.74 Å². The molecule has 0 amide bonds. The quantitative estimate of drug-likeness (QED) is 0.249. The van der Waals surface area contributed by atoms with Gasteiger partial charge in [-0.3, -0.25) is 9.78 Å². The number of rotatable bonds is 12. The van der Waals surface area contributed by atoms with Crippen LogP contribution in [-0.4, -0.2) is 53.5 Å². The van der Waals surface area contributed by atoms with Gasteiger partial charge in [0.05, 0.1) is 17.5 Å². The number of aromatic nitrogens is 1. The number of methoxy groups -OCH3 is 1. The molecule has 1 aliphatic rings. The van der Waals surface area contributed by atoms with Crippen molar-refractivity contribution < 1.29 is 27.8 Å². The van der Waals surface area contributed by atoms with E-state index < -0.39 is 23.8 Å². The lowest BCUT2D eigenvalue weighted by atomic mass is 9.79. The van der Waals surface area contributed by atoms with Crippen molar-refractivity contribution in [3.63, 3.8) is 0 Å². The van der Waals surface area contributed by atoms with E-state index in [2.05, 4.69) is 9.88 Å². The summed E-state index contributed by atoms with van der Waals surface area (Å²) in [4.78, 5) is 17.9. The van der Waals surface area contributed by atoms with Crippen molar-refractivity contribution in [1.82, 2.24) is 9.88 Å². The van der Waals surface area contributed by atoms with Crippen LogP contribution in [0.1, 0.15) is 43.8 Å². The largest absolute Gasteiger partial charge is 0.497 e. The van der Waals surface area contributed by atoms with E-state index in [0.29, 0.717) is 54.9 Å². The topological polar surface area (TPSA) is 62.7 Å².